The van der Waals surface area contributed by atoms with Gasteiger partial charge in [-0.15, -0.1) is 0 Å². The summed E-state index contributed by atoms with van der Waals surface area (Å²) < 4.78 is 0. The molecule has 2 aliphatic heterocycles. The van der Waals surface area contributed by atoms with Gasteiger partial charge in [0.2, 0.25) is 5.91 Å². The van der Waals surface area contributed by atoms with E-state index in [1.807, 2.05) is 19.1 Å². The quantitative estimate of drug-likeness (QED) is 0.435. The Labute approximate surface area is 207 Å². The van der Waals surface area contributed by atoms with Gasteiger partial charge in [-0.2, -0.15) is 0 Å². The maximum Gasteiger partial charge on any atom is 0.333 e. The number of hydrogen-bond acceptors (Lipinski definition) is 3. The van der Waals surface area contributed by atoms with Crippen molar-refractivity contribution in [1.82, 2.24) is 0 Å². The first kappa shape index (κ1) is 22.4. The van der Waals surface area contributed by atoms with Crippen molar-refractivity contribution in [2.24, 2.45) is 5.41 Å². The second-order valence-electron chi connectivity index (χ2n) is 9.05. The second kappa shape index (κ2) is 7.58. The van der Waals surface area contributed by atoms with Crippen LogP contribution in [-0.4, -0.2) is 17.8 Å². The number of carbonyl (C=O) groups is 3. The number of benzene rings is 3. The van der Waals surface area contributed by atoms with Crippen molar-refractivity contribution in [2.75, 3.05) is 15.1 Å². The number of fused-ring (bicyclic) bond motifs is 2. The van der Waals surface area contributed by atoms with E-state index >= 15 is 0 Å². The molecule has 0 radical (unpaired) electrons. The maximum absolute atomic E-state index is 14.2. The van der Waals surface area contributed by atoms with E-state index in [0.717, 1.165) is 10.5 Å². The molecule has 34 heavy (non-hydrogen) atoms. The Kier molecular flexibility index (Phi) is 5.01. The molecule has 2 heterocycles. The van der Waals surface area contributed by atoms with Crippen LogP contribution in [0.2, 0.25) is 10.0 Å². The Balaban J connectivity index is 1.65. The number of halogens is 2. The van der Waals surface area contributed by atoms with Gasteiger partial charge in [-0.05, 0) is 75.4 Å². The highest BCUT2D eigenvalue weighted by Crippen LogP contribution is 2.62. The van der Waals surface area contributed by atoms with E-state index in [1.165, 1.54) is 4.90 Å². The van der Waals surface area contributed by atoms with Gasteiger partial charge in [-0.1, -0.05) is 40.9 Å². The monoisotopic (exact) mass is 493 g/mol. The summed E-state index contributed by atoms with van der Waals surface area (Å²) in [5.74, 6) is -0.725. The molecule has 172 valence electrons. The highest BCUT2D eigenvalue weighted by atomic mass is 35.5. The lowest BCUT2D eigenvalue weighted by atomic mass is 9.59. The van der Waals surface area contributed by atoms with Crippen LogP contribution in [-0.2, 0) is 15.1 Å². The zero-order valence-electron chi connectivity index (χ0n) is 18.7. The summed E-state index contributed by atoms with van der Waals surface area (Å²) in [6.45, 7) is 5.40. The topological polar surface area (TPSA) is 69.7 Å². The molecule has 3 aromatic rings. The molecule has 3 aromatic carbocycles. The minimum atomic E-state index is -1.42. The van der Waals surface area contributed by atoms with Gasteiger partial charge in [0.1, 0.15) is 0 Å². The molecule has 0 aliphatic carbocycles. The van der Waals surface area contributed by atoms with Crippen molar-refractivity contribution in [3.63, 3.8) is 0 Å². The van der Waals surface area contributed by atoms with Crippen LogP contribution in [0.5, 0.6) is 0 Å². The molecule has 4 amide bonds. The summed E-state index contributed by atoms with van der Waals surface area (Å²) in [4.78, 5) is 43.5. The zero-order valence-corrected chi connectivity index (χ0v) is 20.2. The molecule has 1 saturated heterocycles. The van der Waals surface area contributed by atoms with Crippen molar-refractivity contribution in [1.29, 1.82) is 0 Å². The van der Waals surface area contributed by atoms with Crippen LogP contribution in [0.3, 0.4) is 0 Å². The van der Waals surface area contributed by atoms with Gasteiger partial charge in [0.15, 0.2) is 5.54 Å². The lowest BCUT2D eigenvalue weighted by molar-refractivity contribution is -0.153. The normalized spacial score (nSPS) is 20.4. The first-order valence-corrected chi connectivity index (χ1v) is 11.5. The van der Waals surface area contributed by atoms with E-state index in [-0.39, 0.29) is 5.91 Å². The average molecular weight is 494 g/mol. The number of aryl methyl sites for hydroxylation is 1. The number of hydrogen-bond donors (Lipinski definition) is 1. The Morgan fingerprint density at radius 3 is 2.12 bits per heavy atom. The number of anilines is 3. The van der Waals surface area contributed by atoms with Crippen LogP contribution < -0.4 is 15.1 Å². The van der Waals surface area contributed by atoms with E-state index in [9.17, 15) is 14.4 Å². The summed E-state index contributed by atoms with van der Waals surface area (Å²) in [7, 11) is 0. The van der Waals surface area contributed by atoms with E-state index < -0.39 is 22.9 Å². The SMILES string of the molecule is Cc1ccc(N2C(=O)C(C)(C)C23C(=O)N(C(=O)Nc2ccc(Cl)cc2)c2ccc(Cl)cc23)cc1. The Morgan fingerprint density at radius 2 is 1.47 bits per heavy atom. The van der Waals surface area contributed by atoms with Crippen molar-refractivity contribution >= 4 is 58.1 Å². The van der Waals surface area contributed by atoms with Crippen LogP contribution in [0.1, 0.15) is 25.0 Å². The molecule has 1 N–H and O–H groups in total. The molecule has 8 heteroatoms. The van der Waals surface area contributed by atoms with Gasteiger partial charge >= 0.3 is 6.03 Å². The number of rotatable bonds is 2. The van der Waals surface area contributed by atoms with Gasteiger partial charge < -0.3 is 5.32 Å². The number of urea groups is 1. The van der Waals surface area contributed by atoms with E-state index in [4.69, 9.17) is 23.2 Å². The number of carbonyl (C=O) groups excluding carboxylic acids is 3. The molecule has 1 spiro atoms. The number of β-lactam (4-membered cyclic amide) rings is 1. The van der Waals surface area contributed by atoms with Gasteiger partial charge in [0.05, 0.1) is 11.1 Å². The number of nitrogens with one attached hydrogen (secondary N) is 1. The fraction of sp³-hybridized carbons (Fsp3) is 0.192. The largest absolute Gasteiger partial charge is 0.333 e. The first-order valence-electron chi connectivity index (χ1n) is 10.7. The molecule has 6 nitrogen and oxygen atoms in total. The Bertz CT molecular complexity index is 1350. The second-order valence-corrected chi connectivity index (χ2v) is 9.92. The van der Waals surface area contributed by atoms with Gasteiger partial charge in [-0.25, -0.2) is 9.69 Å². The van der Waals surface area contributed by atoms with E-state index in [0.29, 0.717) is 32.7 Å². The summed E-state index contributed by atoms with van der Waals surface area (Å²) in [6.07, 6.45) is 0. The van der Waals surface area contributed by atoms with Crippen LogP contribution in [0.15, 0.2) is 66.7 Å². The van der Waals surface area contributed by atoms with Crippen LogP contribution >= 0.6 is 23.2 Å². The third-order valence-corrected chi connectivity index (χ3v) is 7.16. The van der Waals surface area contributed by atoms with Crippen molar-refractivity contribution in [3.05, 3.63) is 87.9 Å². The predicted octanol–water partition coefficient (Wildman–Crippen LogP) is 6.15. The fourth-order valence-electron chi connectivity index (χ4n) is 4.93. The smallest absolute Gasteiger partial charge is 0.307 e. The lowest BCUT2D eigenvalue weighted by Crippen LogP contribution is -2.77. The first-order chi connectivity index (χ1) is 16.1. The van der Waals surface area contributed by atoms with Crippen LogP contribution in [0, 0.1) is 12.3 Å². The van der Waals surface area contributed by atoms with Gasteiger partial charge in [-0.3, -0.25) is 14.5 Å². The third-order valence-electron chi connectivity index (χ3n) is 6.67. The number of nitrogens with zero attached hydrogens (tertiary/aromatic N) is 2. The maximum atomic E-state index is 14.2. The fourth-order valence-corrected chi connectivity index (χ4v) is 5.23. The molecule has 1 atom stereocenters. The number of imide groups is 1. The van der Waals surface area contributed by atoms with Crippen molar-refractivity contribution in [3.8, 4) is 0 Å². The third kappa shape index (κ3) is 2.92. The Hall–Kier alpha value is -3.35. The minimum Gasteiger partial charge on any atom is -0.307 e. The highest BCUT2D eigenvalue weighted by molar-refractivity contribution is 6.34. The molecule has 1 unspecified atom stereocenters. The predicted molar refractivity (Wildman–Crippen MR) is 134 cm³/mol. The van der Waals surface area contributed by atoms with E-state index in [1.54, 1.807) is 68.4 Å². The molecule has 0 bridgehead atoms. The lowest BCUT2D eigenvalue weighted by Gasteiger charge is -2.59. The van der Waals surface area contributed by atoms with Crippen LogP contribution in [0.25, 0.3) is 0 Å². The summed E-state index contributed by atoms with van der Waals surface area (Å²) in [6, 6.07) is 18.2. The van der Waals surface area contributed by atoms with Gasteiger partial charge in [0.25, 0.3) is 5.91 Å². The zero-order chi connectivity index (χ0) is 24.4. The molecule has 2 aliphatic rings. The van der Waals surface area contributed by atoms with Gasteiger partial charge in [0, 0.05) is 27.0 Å². The molecular formula is C26H21Cl2N3O3. The summed E-state index contributed by atoms with van der Waals surface area (Å²) in [5, 5.41) is 3.69. The number of amides is 4. The molecular weight excluding hydrogens is 473 g/mol. The highest BCUT2D eigenvalue weighted by Gasteiger charge is 2.76. The minimum absolute atomic E-state index is 0.212. The summed E-state index contributed by atoms with van der Waals surface area (Å²) in [5.41, 5.74) is 0.461. The molecule has 5 rings (SSSR count). The van der Waals surface area contributed by atoms with E-state index in [2.05, 4.69) is 5.32 Å². The standard InChI is InChI=1S/C26H21Cl2N3O3/c1-15-4-11-19(12-5-15)31-22(32)25(2,3)26(31)20-14-17(28)8-13-21(20)30(23(26)33)24(34)29-18-9-6-16(27)7-10-18/h4-14H,1-3H3,(H,29,34). The summed E-state index contributed by atoms with van der Waals surface area (Å²) >= 11 is 12.3. The molecule has 0 aromatic heterocycles. The average Bonchev–Trinajstić information content (AvgIpc) is 3.06. The van der Waals surface area contributed by atoms with Crippen molar-refractivity contribution < 1.29 is 14.4 Å². The molecule has 1 fully saturated rings. The van der Waals surface area contributed by atoms with Crippen LogP contribution in [0.4, 0.5) is 21.9 Å². The van der Waals surface area contributed by atoms with Crippen molar-refractivity contribution in [2.45, 2.75) is 26.3 Å². The Morgan fingerprint density at radius 1 is 0.853 bits per heavy atom. The molecule has 0 saturated carbocycles.